The summed E-state index contributed by atoms with van der Waals surface area (Å²) < 4.78 is 0. The Bertz CT molecular complexity index is 122. The Labute approximate surface area is 62.6 Å². The molecule has 0 bridgehead atoms. The summed E-state index contributed by atoms with van der Waals surface area (Å²) in [7, 11) is 0. The second-order valence-electron chi connectivity index (χ2n) is 3.18. The van der Waals surface area contributed by atoms with Crippen LogP contribution in [0.2, 0.25) is 0 Å². The first kappa shape index (κ1) is 9.21. The average Bonchev–Trinajstić information content (AvgIpc) is 1.78. The third kappa shape index (κ3) is 7.21. The van der Waals surface area contributed by atoms with Crippen LogP contribution in [0.4, 0.5) is 0 Å². The SMILES string of the molecule is C=CCO/N=C/C(C)(C)C. The first-order chi connectivity index (χ1) is 4.56. The largest absolute Gasteiger partial charge is 0.392 e. The number of hydrogen-bond donors (Lipinski definition) is 0. The Hall–Kier alpha value is -0.790. The van der Waals surface area contributed by atoms with Gasteiger partial charge in [0.15, 0.2) is 0 Å². The molecule has 0 N–H and O–H groups in total. The summed E-state index contributed by atoms with van der Waals surface area (Å²) in [5.41, 5.74) is 0.0984. The number of hydrogen-bond acceptors (Lipinski definition) is 2. The molecule has 0 aliphatic carbocycles. The van der Waals surface area contributed by atoms with Crippen molar-refractivity contribution in [2.24, 2.45) is 10.6 Å². The van der Waals surface area contributed by atoms with E-state index in [1.54, 1.807) is 12.3 Å². The zero-order chi connectivity index (χ0) is 8.04. The Morgan fingerprint density at radius 1 is 1.50 bits per heavy atom. The maximum atomic E-state index is 4.81. The molecule has 58 valence electrons. The summed E-state index contributed by atoms with van der Waals surface area (Å²) in [5, 5.41) is 3.74. The molecule has 0 saturated carbocycles. The topological polar surface area (TPSA) is 21.6 Å². The first-order valence-corrected chi connectivity index (χ1v) is 3.33. The molecule has 2 heteroatoms. The van der Waals surface area contributed by atoms with Crippen molar-refractivity contribution < 1.29 is 4.84 Å². The highest BCUT2D eigenvalue weighted by atomic mass is 16.6. The lowest BCUT2D eigenvalue weighted by atomic mass is 10.00. The van der Waals surface area contributed by atoms with E-state index in [-0.39, 0.29) is 5.41 Å². The van der Waals surface area contributed by atoms with E-state index in [1.807, 2.05) is 0 Å². The minimum atomic E-state index is 0.0984. The highest BCUT2D eigenvalue weighted by Gasteiger charge is 2.04. The van der Waals surface area contributed by atoms with Gasteiger partial charge in [-0.05, 0) is 0 Å². The normalized spacial score (nSPS) is 11.9. The molecule has 0 unspecified atom stereocenters. The van der Waals surface area contributed by atoms with E-state index < -0.39 is 0 Å². The van der Waals surface area contributed by atoms with E-state index in [0.29, 0.717) is 6.61 Å². The van der Waals surface area contributed by atoms with Crippen LogP contribution >= 0.6 is 0 Å². The molecular formula is C8H15NO. The van der Waals surface area contributed by atoms with Crippen molar-refractivity contribution in [1.82, 2.24) is 0 Å². The zero-order valence-corrected chi connectivity index (χ0v) is 6.92. The number of rotatable bonds is 3. The average molecular weight is 141 g/mol. The lowest BCUT2D eigenvalue weighted by molar-refractivity contribution is 0.173. The van der Waals surface area contributed by atoms with Gasteiger partial charge in [0.1, 0.15) is 6.61 Å². The fourth-order valence-corrected chi connectivity index (χ4v) is 0.291. The van der Waals surface area contributed by atoms with Crippen LogP contribution in [0.5, 0.6) is 0 Å². The summed E-state index contributed by atoms with van der Waals surface area (Å²) in [6.07, 6.45) is 3.44. The van der Waals surface area contributed by atoms with Crippen LogP contribution in [-0.2, 0) is 4.84 Å². The summed E-state index contributed by atoms with van der Waals surface area (Å²) in [6.45, 7) is 10.2. The highest BCUT2D eigenvalue weighted by molar-refractivity contribution is 5.63. The van der Waals surface area contributed by atoms with Crippen LogP contribution in [0.3, 0.4) is 0 Å². The van der Waals surface area contributed by atoms with Crippen molar-refractivity contribution in [3.8, 4) is 0 Å². The van der Waals surface area contributed by atoms with Gasteiger partial charge in [0.25, 0.3) is 0 Å². The maximum Gasteiger partial charge on any atom is 0.135 e. The van der Waals surface area contributed by atoms with E-state index in [1.165, 1.54) is 0 Å². The fraction of sp³-hybridized carbons (Fsp3) is 0.625. The van der Waals surface area contributed by atoms with Gasteiger partial charge in [-0.2, -0.15) is 0 Å². The van der Waals surface area contributed by atoms with Crippen molar-refractivity contribution in [3.05, 3.63) is 12.7 Å². The maximum absolute atomic E-state index is 4.81. The number of nitrogens with zero attached hydrogens (tertiary/aromatic N) is 1. The lowest BCUT2D eigenvalue weighted by Gasteiger charge is -2.08. The molecular weight excluding hydrogens is 126 g/mol. The summed E-state index contributed by atoms with van der Waals surface area (Å²) >= 11 is 0. The molecule has 0 aromatic heterocycles. The number of oxime groups is 1. The zero-order valence-electron chi connectivity index (χ0n) is 6.92. The summed E-state index contributed by atoms with van der Waals surface area (Å²) in [4.78, 5) is 4.81. The molecule has 2 nitrogen and oxygen atoms in total. The van der Waals surface area contributed by atoms with E-state index in [9.17, 15) is 0 Å². The Morgan fingerprint density at radius 3 is 2.50 bits per heavy atom. The van der Waals surface area contributed by atoms with Crippen LogP contribution in [-0.4, -0.2) is 12.8 Å². The molecule has 0 aromatic rings. The Kier molecular flexibility index (Phi) is 3.77. The van der Waals surface area contributed by atoms with Gasteiger partial charge in [-0.15, -0.1) is 0 Å². The van der Waals surface area contributed by atoms with Gasteiger partial charge in [0.05, 0.1) is 0 Å². The van der Waals surface area contributed by atoms with Crippen LogP contribution < -0.4 is 0 Å². The highest BCUT2D eigenvalue weighted by Crippen LogP contribution is 2.07. The molecule has 0 aromatic carbocycles. The van der Waals surface area contributed by atoms with E-state index in [2.05, 4.69) is 32.5 Å². The second kappa shape index (κ2) is 4.09. The van der Waals surface area contributed by atoms with Gasteiger partial charge in [-0.1, -0.05) is 38.6 Å². The summed E-state index contributed by atoms with van der Waals surface area (Å²) in [6, 6.07) is 0. The monoisotopic (exact) mass is 141 g/mol. The van der Waals surface area contributed by atoms with Crippen LogP contribution in [0.25, 0.3) is 0 Å². The second-order valence-corrected chi connectivity index (χ2v) is 3.18. The molecule has 0 aliphatic rings. The van der Waals surface area contributed by atoms with E-state index >= 15 is 0 Å². The van der Waals surface area contributed by atoms with E-state index in [4.69, 9.17) is 4.84 Å². The predicted octanol–water partition coefficient (Wildman–Crippen LogP) is 2.22. The quantitative estimate of drug-likeness (QED) is 0.255. The third-order valence-corrected chi connectivity index (χ3v) is 0.707. The van der Waals surface area contributed by atoms with E-state index in [0.717, 1.165) is 0 Å². The first-order valence-electron chi connectivity index (χ1n) is 3.33. The van der Waals surface area contributed by atoms with Gasteiger partial charge >= 0.3 is 0 Å². The smallest absolute Gasteiger partial charge is 0.135 e. The molecule has 0 aliphatic heterocycles. The van der Waals surface area contributed by atoms with Crippen molar-refractivity contribution >= 4 is 6.21 Å². The van der Waals surface area contributed by atoms with Crippen molar-refractivity contribution in [2.45, 2.75) is 20.8 Å². The summed E-state index contributed by atoms with van der Waals surface area (Å²) in [5.74, 6) is 0. The Balaban J connectivity index is 3.46. The molecule has 0 heterocycles. The molecule has 10 heavy (non-hydrogen) atoms. The van der Waals surface area contributed by atoms with Crippen molar-refractivity contribution in [2.75, 3.05) is 6.61 Å². The van der Waals surface area contributed by atoms with Gasteiger partial charge in [0, 0.05) is 11.6 Å². The molecule has 0 spiro atoms. The predicted molar refractivity (Wildman–Crippen MR) is 44.1 cm³/mol. The fourth-order valence-electron chi connectivity index (χ4n) is 0.291. The van der Waals surface area contributed by atoms with Crippen molar-refractivity contribution in [3.63, 3.8) is 0 Å². The van der Waals surface area contributed by atoms with Gasteiger partial charge in [-0.3, -0.25) is 0 Å². The Morgan fingerprint density at radius 2 is 2.10 bits per heavy atom. The van der Waals surface area contributed by atoms with Crippen LogP contribution in [0.15, 0.2) is 17.8 Å². The molecule has 0 radical (unpaired) electrons. The van der Waals surface area contributed by atoms with Gasteiger partial charge in [-0.25, -0.2) is 0 Å². The van der Waals surface area contributed by atoms with Crippen LogP contribution in [0, 0.1) is 5.41 Å². The lowest BCUT2D eigenvalue weighted by Crippen LogP contribution is -2.06. The molecule has 0 saturated heterocycles. The molecule has 0 amide bonds. The molecule has 0 fully saturated rings. The third-order valence-electron chi connectivity index (χ3n) is 0.707. The minimum Gasteiger partial charge on any atom is -0.392 e. The molecule has 0 atom stereocenters. The van der Waals surface area contributed by atoms with Crippen LogP contribution in [0.1, 0.15) is 20.8 Å². The van der Waals surface area contributed by atoms with Crippen molar-refractivity contribution in [1.29, 1.82) is 0 Å². The van der Waals surface area contributed by atoms with Gasteiger partial charge in [0.2, 0.25) is 0 Å². The standard InChI is InChI=1S/C8H15NO/c1-5-6-10-9-7-8(2,3)4/h5,7H,1,6H2,2-4H3/b9-7+. The minimum absolute atomic E-state index is 0.0984. The molecule has 0 rings (SSSR count). The van der Waals surface area contributed by atoms with Gasteiger partial charge < -0.3 is 4.84 Å².